The maximum absolute atomic E-state index is 9.08. The molecule has 0 amide bonds. The van der Waals surface area contributed by atoms with E-state index >= 15 is 0 Å². The fourth-order valence-electron chi connectivity index (χ4n) is 2.58. The van der Waals surface area contributed by atoms with Crippen molar-refractivity contribution in [2.24, 2.45) is 11.8 Å². The van der Waals surface area contributed by atoms with Gasteiger partial charge in [-0.15, -0.1) is 0 Å². The van der Waals surface area contributed by atoms with Crippen LogP contribution in [0.25, 0.3) is 0 Å². The number of nitrogens with zero attached hydrogens (tertiary/aromatic N) is 2. The van der Waals surface area contributed by atoms with Gasteiger partial charge in [0.1, 0.15) is 5.82 Å². The highest BCUT2D eigenvalue weighted by Gasteiger charge is 2.22. The topological polar surface area (TPSA) is 36.4 Å². The Hall–Kier alpha value is -1.09. The molecule has 2 unspecified atom stereocenters. The van der Waals surface area contributed by atoms with Crippen LogP contribution in [-0.4, -0.2) is 23.2 Å². The van der Waals surface area contributed by atoms with Gasteiger partial charge in [0, 0.05) is 13.1 Å². The number of hydrogen-bond acceptors (Lipinski definition) is 3. The minimum absolute atomic E-state index is 0.0206. The first-order chi connectivity index (χ1) is 7.69. The van der Waals surface area contributed by atoms with Crippen LogP contribution in [0.1, 0.15) is 26.0 Å². The summed E-state index contributed by atoms with van der Waals surface area (Å²) in [6.45, 7) is 6.75. The highest BCUT2D eigenvalue weighted by atomic mass is 16.3. The van der Waals surface area contributed by atoms with E-state index in [1.54, 1.807) is 0 Å². The molecule has 1 aliphatic heterocycles. The fraction of sp³-hybridized carbons (Fsp3) is 0.615. The predicted octanol–water partition coefficient (Wildman–Crippen LogP) is 2.06. The van der Waals surface area contributed by atoms with Crippen molar-refractivity contribution in [2.75, 3.05) is 18.0 Å². The second-order valence-electron chi connectivity index (χ2n) is 5.00. The molecule has 2 heterocycles. The molecular formula is C13H20N2O. The quantitative estimate of drug-likeness (QED) is 0.828. The van der Waals surface area contributed by atoms with E-state index in [2.05, 4.69) is 23.7 Å². The molecule has 0 radical (unpaired) electrons. The normalized spacial score (nSPS) is 25.8. The van der Waals surface area contributed by atoms with Crippen molar-refractivity contribution in [1.82, 2.24) is 4.98 Å². The van der Waals surface area contributed by atoms with E-state index in [4.69, 9.17) is 5.11 Å². The Labute approximate surface area is 97.1 Å². The molecule has 0 saturated carbocycles. The predicted molar refractivity (Wildman–Crippen MR) is 65.3 cm³/mol. The summed E-state index contributed by atoms with van der Waals surface area (Å²) in [5.41, 5.74) is 0.753. The number of aliphatic hydroxyl groups excluding tert-OH is 1. The number of anilines is 1. The minimum atomic E-state index is 0.0206. The maximum atomic E-state index is 9.08. The number of aromatic nitrogens is 1. The van der Waals surface area contributed by atoms with Crippen LogP contribution in [0.3, 0.4) is 0 Å². The third kappa shape index (κ3) is 2.53. The van der Waals surface area contributed by atoms with Gasteiger partial charge < -0.3 is 10.0 Å². The van der Waals surface area contributed by atoms with E-state index in [1.165, 1.54) is 6.42 Å². The lowest BCUT2D eigenvalue weighted by Gasteiger charge is -2.35. The minimum Gasteiger partial charge on any atom is -0.390 e. The summed E-state index contributed by atoms with van der Waals surface area (Å²) in [6.07, 6.45) is 1.30. The molecular weight excluding hydrogens is 200 g/mol. The summed E-state index contributed by atoms with van der Waals surface area (Å²) in [6, 6.07) is 5.86. The van der Waals surface area contributed by atoms with Gasteiger partial charge in [-0.25, -0.2) is 4.98 Å². The van der Waals surface area contributed by atoms with Crippen molar-refractivity contribution in [1.29, 1.82) is 0 Å². The SMILES string of the molecule is CC1CC(C)CN(c2cccc(CO)n2)C1. The van der Waals surface area contributed by atoms with E-state index in [0.717, 1.165) is 36.4 Å². The van der Waals surface area contributed by atoms with Crippen molar-refractivity contribution < 1.29 is 5.11 Å². The molecule has 16 heavy (non-hydrogen) atoms. The first-order valence-electron chi connectivity index (χ1n) is 6.00. The molecule has 0 aromatic carbocycles. The van der Waals surface area contributed by atoms with Gasteiger partial charge in [0.2, 0.25) is 0 Å². The standard InChI is InChI=1S/C13H20N2O/c1-10-6-11(2)8-15(7-10)13-5-3-4-12(9-16)14-13/h3-5,10-11,16H,6-9H2,1-2H3. The molecule has 2 atom stereocenters. The third-order valence-corrected chi connectivity index (χ3v) is 3.15. The van der Waals surface area contributed by atoms with Gasteiger partial charge >= 0.3 is 0 Å². The average Bonchev–Trinajstić information content (AvgIpc) is 2.28. The van der Waals surface area contributed by atoms with Gasteiger partial charge in [-0.1, -0.05) is 19.9 Å². The largest absolute Gasteiger partial charge is 0.390 e. The van der Waals surface area contributed by atoms with Crippen LogP contribution in [0.4, 0.5) is 5.82 Å². The van der Waals surface area contributed by atoms with Crippen molar-refractivity contribution in [2.45, 2.75) is 26.9 Å². The van der Waals surface area contributed by atoms with Gasteiger partial charge in [-0.05, 0) is 30.4 Å². The van der Waals surface area contributed by atoms with Crippen molar-refractivity contribution >= 4 is 5.82 Å². The van der Waals surface area contributed by atoms with E-state index in [-0.39, 0.29) is 6.61 Å². The first kappa shape index (κ1) is 11.4. The summed E-state index contributed by atoms with van der Waals surface area (Å²) in [4.78, 5) is 6.79. The zero-order valence-corrected chi connectivity index (χ0v) is 10.1. The van der Waals surface area contributed by atoms with Gasteiger partial charge in [-0.2, -0.15) is 0 Å². The Bertz CT molecular complexity index is 344. The van der Waals surface area contributed by atoms with Crippen molar-refractivity contribution in [3.05, 3.63) is 23.9 Å². The van der Waals surface area contributed by atoms with E-state index in [0.29, 0.717) is 0 Å². The smallest absolute Gasteiger partial charge is 0.128 e. The van der Waals surface area contributed by atoms with Gasteiger partial charge in [0.15, 0.2) is 0 Å². The number of aliphatic hydroxyl groups is 1. The number of hydrogen-bond donors (Lipinski definition) is 1. The summed E-state index contributed by atoms with van der Waals surface area (Å²) in [5, 5.41) is 9.08. The summed E-state index contributed by atoms with van der Waals surface area (Å²) in [5.74, 6) is 2.46. The lowest BCUT2D eigenvalue weighted by atomic mass is 9.92. The maximum Gasteiger partial charge on any atom is 0.128 e. The van der Waals surface area contributed by atoms with E-state index in [9.17, 15) is 0 Å². The second kappa shape index (κ2) is 4.83. The molecule has 0 bridgehead atoms. The molecule has 1 fully saturated rings. The molecule has 1 N–H and O–H groups in total. The monoisotopic (exact) mass is 220 g/mol. The Morgan fingerprint density at radius 3 is 2.62 bits per heavy atom. The van der Waals surface area contributed by atoms with Crippen LogP contribution in [-0.2, 0) is 6.61 Å². The van der Waals surface area contributed by atoms with Gasteiger partial charge in [-0.3, -0.25) is 0 Å². The molecule has 1 saturated heterocycles. The van der Waals surface area contributed by atoms with Crippen molar-refractivity contribution in [3.63, 3.8) is 0 Å². The Kier molecular flexibility index (Phi) is 3.44. The molecule has 1 aliphatic rings. The molecule has 88 valence electrons. The summed E-state index contributed by atoms with van der Waals surface area (Å²) < 4.78 is 0. The second-order valence-corrected chi connectivity index (χ2v) is 5.00. The number of piperidine rings is 1. The molecule has 0 aliphatic carbocycles. The Morgan fingerprint density at radius 2 is 2.00 bits per heavy atom. The zero-order chi connectivity index (χ0) is 11.5. The number of rotatable bonds is 2. The zero-order valence-electron chi connectivity index (χ0n) is 10.1. The average molecular weight is 220 g/mol. The summed E-state index contributed by atoms with van der Waals surface area (Å²) >= 11 is 0. The van der Waals surface area contributed by atoms with Crippen LogP contribution < -0.4 is 4.90 Å². The highest BCUT2D eigenvalue weighted by Crippen LogP contribution is 2.24. The summed E-state index contributed by atoms with van der Waals surface area (Å²) in [7, 11) is 0. The first-order valence-corrected chi connectivity index (χ1v) is 6.00. The highest BCUT2D eigenvalue weighted by molar-refractivity contribution is 5.39. The van der Waals surface area contributed by atoms with Crippen LogP contribution in [0.5, 0.6) is 0 Å². The molecule has 2 rings (SSSR count). The Morgan fingerprint density at radius 1 is 1.31 bits per heavy atom. The fourth-order valence-corrected chi connectivity index (χ4v) is 2.58. The molecule has 3 heteroatoms. The van der Waals surface area contributed by atoms with E-state index in [1.807, 2.05) is 18.2 Å². The van der Waals surface area contributed by atoms with Crippen LogP contribution in [0.15, 0.2) is 18.2 Å². The molecule has 1 aromatic heterocycles. The van der Waals surface area contributed by atoms with Gasteiger partial charge in [0.25, 0.3) is 0 Å². The van der Waals surface area contributed by atoms with Gasteiger partial charge in [0.05, 0.1) is 12.3 Å². The van der Waals surface area contributed by atoms with Crippen molar-refractivity contribution in [3.8, 4) is 0 Å². The molecule has 3 nitrogen and oxygen atoms in total. The van der Waals surface area contributed by atoms with Crippen LogP contribution in [0, 0.1) is 11.8 Å². The molecule has 0 spiro atoms. The van der Waals surface area contributed by atoms with Crippen LogP contribution >= 0.6 is 0 Å². The lowest BCUT2D eigenvalue weighted by Crippen LogP contribution is -2.39. The Balaban J connectivity index is 2.16. The lowest BCUT2D eigenvalue weighted by molar-refractivity contribution is 0.276. The third-order valence-electron chi connectivity index (χ3n) is 3.15. The molecule has 1 aromatic rings. The number of pyridine rings is 1. The van der Waals surface area contributed by atoms with E-state index < -0.39 is 0 Å². The van der Waals surface area contributed by atoms with Crippen LogP contribution in [0.2, 0.25) is 0 Å².